The molecule has 4 rings (SSSR count). The van der Waals surface area contributed by atoms with Crippen LogP contribution in [0, 0.1) is 20.8 Å². The molecular formula is C29H29N3O4. The topological polar surface area (TPSA) is 82.5 Å². The fourth-order valence-electron chi connectivity index (χ4n) is 4.14. The van der Waals surface area contributed by atoms with E-state index < -0.39 is 11.7 Å². The first-order valence-corrected chi connectivity index (χ1v) is 11.7. The first kappa shape index (κ1) is 24.7. The fraction of sp³-hybridized carbons (Fsp3) is 0.207. The van der Waals surface area contributed by atoms with Crippen molar-refractivity contribution in [3.63, 3.8) is 0 Å². The smallest absolute Gasteiger partial charge is 0.298 e. The number of nitrogens with one attached hydrogen (secondary N) is 1. The van der Waals surface area contributed by atoms with E-state index in [0.29, 0.717) is 36.2 Å². The Morgan fingerprint density at radius 2 is 1.61 bits per heavy atom. The molecule has 7 heteroatoms. The van der Waals surface area contributed by atoms with Crippen LogP contribution in [0.4, 0.5) is 5.69 Å². The summed E-state index contributed by atoms with van der Waals surface area (Å²) in [7, 11) is 1.77. The number of rotatable bonds is 9. The monoisotopic (exact) mass is 483 g/mol. The van der Waals surface area contributed by atoms with E-state index in [4.69, 9.17) is 9.47 Å². The number of ether oxygens (including phenoxy) is 2. The van der Waals surface area contributed by atoms with E-state index in [9.17, 15) is 9.59 Å². The highest BCUT2D eigenvalue weighted by Gasteiger charge is 2.25. The van der Waals surface area contributed by atoms with E-state index in [-0.39, 0.29) is 0 Å². The lowest BCUT2D eigenvalue weighted by molar-refractivity contribution is -0.112. The van der Waals surface area contributed by atoms with Crippen LogP contribution in [0.5, 0.6) is 11.6 Å². The molecule has 0 unspecified atom stereocenters. The Labute approximate surface area is 210 Å². The summed E-state index contributed by atoms with van der Waals surface area (Å²) in [6.07, 6.45) is 1.86. The van der Waals surface area contributed by atoms with Gasteiger partial charge < -0.3 is 19.4 Å². The summed E-state index contributed by atoms with van der Waals surface area (Å²) < 4.78 is 13.1. The summed E-state index contributed by atoms with van der Waals surface area (Å²) in [5, 5.41) is 2.69. The maximum Gasteiger partial charge on any atom is 0.298 e. The Bertz CT molecular complexity index is 1360. The largest absolute Gasteiger partial charge is 0.490 e. The molecule has 1 amide bonds. The number of pyridine rings is 1. The maximum atomic E-state index is 13.1. The quantitative estimate of drug-likeness (QED) is 0.199. The van der Waals surface area contributed by atoms with E-state index >= 15 is 0 Å². The van der Waals surface area contributed by atoms with Crippen LogP contribution >= 0.6 is 0 Å². The van der Waals surface area contributed by atoms with Gasteiger partial charge in [0.15, 0.2) is 0 Å². The second-order valence-electron chi connectivity index (χ2n) is 8.64. The Balaban J connectivity index is 1.35. The van der Waals surface area contributed by atoms with Gasteiger partial charge in [-0.05, 0) is 67.8 Å². The van der Waals surface area contributed by atoms with E-state index in [2.05, 4.69) is 10.3 Å². The highest BCUT2D eigenvalue weighted by Crippen LogP contribution is 2.29. The van der Waals surface area contributed by atoms with Crippen LogP contribution in [-0.4, -0.2) is 34.5 Å². The fourth-order valence-corrected chi connectivity index (χ4v) is 4.14. The number of hydrogen-bond donors (Lipinski definition) is 1. The van der Waals surface area contributed by atoms with Crippen LogP contribution < -0.4 is 14.8 Å². The van der Waals surface area contributed by atoms with Gasteiger partial charge >= 0.3 is 0 Å². The number of nitrogens with zero attached hydrogens (tertiary/aromatic N) is 2. The van der Waals surface area contributed by atoms with Crippen molar-refractivity contribution in [2.75, 3.05) is 18.5 Å². The minimum Gasteiger partial charge on any atom is -0.490 e. The standard InChI is InChI=1S/C29H29N3O4/c1-19-16-21(3)30-25(17-19)36-15-14-35-24-12-10-23(11-13-24)31-29(34)28(33)27-26(20(2)18-32(27)4)22-8-6-5-7-9-22/h5-13,16-18H,14-15H2,1-4H3,(H,31,34). The molecule has 1 N–H and O–H groups in total. The van der Waals surface area contributed by atoms with Crippen molar-refractivity contribution in [3.05, 3.63) is 95.4 Å². The van der Waals surface area contributed by atoms with Crippen molar-refractivity contribution < 1.29 is 19.1 Å². The number of benzene rings is 2. The average Bonchev–Trinajstić information content (AvgIpc) is 3.15. The molecule has 0 radical (unpaired) electrons. The highest BCUT2D eigenvalue weighted by molar-refractivity contribution is 6.47. The number of hydrogen-bond acceptors (Lipinski definition) is 5. The van der Waals surface area contributed by atoms with Crippen molar-refractivity contribution >= 4 is 17.4 Å². The molecule has 0 atom stereocenters. The number of amides is 1. The summed E-state index contributed by atoms with van der Waals surface area (Å²) in [5.74, 6) is -0.0956. The molecular weight excluding hydrogens is 454 g/mol. The highest BCUT2D eigenvalue weighted by atomic mass is 16.5. The molecule has 0 spiro atoms. The Hall–Kier alpha value is -4.39. The molecule has 2 heterocycles. The normalized spacial score (nSPS) is 10.7. The number of aryl methyl sites for hydroxylation is 4. The van der Waals surface area contributed by atoms with E-state index in [1.165, 1.54) is 0 Å². The van der Waals surface area contributed by atoms with Crippen LogP contribution in [0.15, 0.2) is 72.9 Å². The number of carbonyl (C=O) groups is 2. The molecule has 0 aliphatic carbocycles. The molecule has 2 aromatic carbocycles. The lowest BCUT2D eigenvalue weighted by Gasteiger charge is -2.11. The van der Waals surface area contributed by atoms with Crippen molar-refractivity contribution in [2.24, 2.45) is 7.05 Å². The molecule has 0 saturated carbocycles. The van der Waals surface area contributed by atoms with Gasteiger partial charge in [0.2, 0.25) is 5.88 Å². The lowest BCUT2D eigenvalue weighted by Crippen LogP contribution is -2.25. The summed E-state index contributed by atoms with van der Waals surface area (Å²) in [5.41, 5.74) is 5.44. The SMILES string of the molecule is Cc1cc(C)nc(OCCOc2ccc(NC(=O)C(=O)c3c(-c4ccccc4)c(C)cn3C)cc2)c1. The number of aromatic nitrogens is 2. The third-order valence-corrected chi connectivity index (χ3v) is 5.64. The number of Topliss-reactive ketones (excluding diaryl/α,β-unsaturated/α-hetero) is 1. The van der Waals surface area contributed by atoms with Gasteiger partial charge in [-0.15, -0.1) is 0 Å². The summed E-state index contributed by atoms with van der Waals surface area (Å²) >= 11 is 0. The van der Waals surface area contributed by atoms with Crippen LogP contribution in [-0.2, 0) is 11.8 Å². The zero-order chi connectivity index (χ0) is 25.7. The lowest BCUT2D eigenvalue weighted by atomic mass is 10.00. The van der Waals surface area contributed by atoms with Gasteiger partial charge in [0.05, 0.1) is 0 Å². The molecule has 2 aromatic heterocycles. The van der Waals surface area contributed by atoms with Gasteiger partial charge in [0.25, 0.3) is 11.7 Å². The van der Waals surface area contributed by atoms with E-state index in [1.807, 2.05) is 69.4 Å². The van der Waals surface area contributed by atoms with Gasteiger partial charge in [-0.3, -0.25) is 9.59 Å². The summed E-state index contributed by atoms with van der Waals surface area (Å²) in [6, 6.07) is 20.3. The molecule has 0 fully saturated rings. The Morgan fingerprint density at radius 3 is 2.31 bits per heavy atom. The molecule has 36 heavy (non-hydrogen) atoms. The zero-order valence-corrected chi connectivity index (χ0v) is 20.9. The number of ketones is 1. The molecule has 0 aliphatic rings. The van der Waals surface area contributed by atoms with Crippen LogP contribution in [0.3, 0.4) is 0 Å². The third-order valence-electron chi connectivity index (χ3n) is 5.64. The zero-order valence-electron chi connectivity index (χ0n) is 20.9. The minimum atomic E-state index is -0.698. The van der Waals surface area contributed by atoms with Crippen molar-refractivity contribution in [3.8, 4) is 22.8 Å². The molecule has 184 valence electrons. The van der Waals surface area contributed by atoms with Crippen molar-refractivity contribution in [1.29, 1.82) is 0 Å². The van der Waals surface area contributed by atoms with Crippen LogP contribution in [0.2, 0.25) is 0 Å². The minimum absolute atomic E-state index is 0.341. The van der Waals surface area contributed by atoms with Gasteiger partial charge in [-0.1, -0.05) is 30.3 Å². The first-order chi connectivity index (χ1) is 17.3. The van der Waals surface area contributed by atoms with Gasteiger partial charge in [0, 0.05) is 36.3 Å². The third kappa shape index (κ3) is 5.81. The predicted octanol–water partition coefficient (Wildman–Crippen LogP) is 5.29. The van der Waals surface area contributed by atoms with Crippen molar-refractivity contribution in [1.82, 2.24) is 9.55 Å². The number of carbonyl (C=O) groups excluding carboxylic acids is 2. The second kappa shape index (κ2) is 10.9. The van der Waals surface area contributed by atoms with Crippen molar-refractivity contribution in [2.45, 2.75) is 20.8 Å². The maximum absolute atomic E-state index is 13.1. The first-order valence-electron chi connectivity index (χ1n) is 11.7. The Morgan fingerprint density at radius 1 is 0.917 bits per heavy atom. The molecule has 0 bridgehead atoms. The van der Waals surface area contributed by atoms with Crippen LogP contribution in [0.25, 0.3) is 11.1 Å². The summed E-state index contributed by atoms with van der Waals surface area (Å²) in [6.45, 7) is 6.54. The molecule has 0 saturated heterocycles. The van der Waals surface area contributed by atoms with Gasteiger partial charge in [0.1, 0.15) is 24.7 Å². The number of anilines is 1. The molecule has 0 aliphatic heterocycles. The van der Waals surface area contributed by atoms with E-state index in [0.717, 1.165) is 27.9 Å². The van der Waals surface area contributed by atoms with E-state index in [1.54, 1.807) is 35.9 Å². The van der Waals surface area contributed by atoms with Gasteiger partial charge in [-0.25, -0.2) is 4.98 Å². The Kier molecular flexibility index (Phi) is 7.49. The van der Waals surface area contributed by atoms with Gasteiger partial charge in [-0.2, -0.15) is 0 Å². The molecule has 7 nitrogen and oxygen atoms in total. The molecule has 4 aromatic rings. The van der Waals surface area contributed by atoms with Crippen LogP contribution in [0.1, 0.15) is 27.3 Å². The predicted molar refractivity (Wildman–Crippen MR) is 140 cm³/mol. The average molecular weight is 484 g/mol. The summed E-state index contributed by atoms with van der Waals surface area (Å²) in [4.78, 5) is 30.2. The second-order valence-corrected chi connectivity index (χ2v) is 8.64.